The van der Waals surface area contributed by atoms with E-state index in [1.165, 1.54) is 5.56 Å². The molecule has 0 saturated carbocycles. The van der Waals surface area contributed by atoms with Gasteiger partial charge in [0.15, 0.2) is 5.13 Å². The summed E-state index contributed by atoms with van der Waals surface area (Å²) >= 11 is 1.55. The predicted molar refractivity (Wildman–Crippen MR) is 119 cm³/mol. The van der Waals surface area contributed by atoms with Crippen molar-refractivity contribution in [2.24, 2.45) is 0 Å². The summed E-state index contributed by atoms with van der Waals surface area (Å²) in [7, 11) is 0. The first-order valence-corrected chi connectivity index (χ1v) is 10.5. The van der Waals surface area contributed by atoms with E-state index in [-0.39, 0.29) is 11.9 Å². The van der Waals surface area contributed by atoms with Crippen LogP contribution in [0, 0.1) is 13.8 Å². The smallest absolute Gasteiger partial charge is 0.278 e. The van der Waals surface area contributed by atoms with Gasteiger partial charge in [-0.15, -0.1) is 0 Å². The molecule has 0 aliphatic heterocycles. The van der Waals surface area contributed by atoms with Crippen LogP contribution < -0.4 is 4.90 Å². The fourth-order valence-electron chi connectivity index (χ4n) is 3.34. The van der Waals surface area contributed by atoms with Crippen LogP contribution >= 0.6 is 11.3 Å². The molecule has 2 aromatic heterocycles. The average molecular weight is 405 g/mol. The zero-order valence-electron chi connectivity index (χ0n) is 17.1. The molecular weight excluding hydrogens is 380 g/mol. The van der Waals surface area contributed by atoms with Crippen molar-refractivity contribution in [1.82, 2.24) is 14.8 Å². The second-order valence-electron chi connectivity index (χ2n) is 7.55. The Balaban J connectivity index is 1.80. The summed E-state index contributed by atoms with van der Waals surface area (Å²) < 4.78 is 2.88. The first-order chi connectivity index (χ1) is 13.9. The molecule has 0 bridgehead atoms. The van der Waals surface area contributed by atoms with Crippen molar-refractivity contribution in [3.8, 4) is 0 Å². The molecule has 0 fully saturated rings. The van der Waals surface area contributed by atoms with Crippen LogP contribution in [0.4, 0.5) is 5.13 Å². The van der Waals surface area contributed by atoms with Crippen LogP contribution in [0.15, 0.2) is 54.6 Å². The predicted octanol–water partition coefficient (Wildman–Crippen LogP) is 5.54. The number of aromatic nitrogens is 3. The normalized spacial score (nSPS) is 11.3. The topological polar surface area (TPSA) is 51.0 Å². The minimum Gasteiger partial charge on any atom is -0.278 e. The number of nitrogens with zero attached hydrogens (tertiary/aromatic N) is 4. The van der Waals surface area contributed by atoms with Crippen LogP contribution in [-0.2, 0) is 6.54 Å². The number of hydrogen-bond acceptors (Lipinski definition) is 4. The summed E-state index contributed by atoms with van der Waals surface area (Å²) in [5.41, 5.74) is 4.58. The van der Waals surface area contributed by atoms with Crippen molar-refractivity contribution in [2.45, 2.75) is 40.3 Å². The highest BCUT2D eigenvalue weighted by Gasteiger charge is 2.26. The molecule has 2 heterocycles. The van der Waals surface area contributed by atoms with Gasteiger partial charge in [-0.1, -0.05) is 47.7 Å². The Kier molecular flexibility index (Phi) is 5.20. The molecule has 0 radical (unpaired) electrons. The summed E-state index contributed by atoms with van der Waals surface area (Å²) in [6, 6.07) is 18.1. The third-order valence-electron chi connectivity index (χ3n) is 4.76. The van der Waals surface area contributed by atoms with Crippen LogP contribution in [0.3, 0.4) is 0 Å². The number of rotatable bonds is 5. The Morgan fingerprint density at radius 1 is 1.10 bits per heavy atom. The monoisotopic (exact) mass is 404 g/mol. The second-order valence-corrected chi connectivity index (χ2v) is 8.56. The summed E-state index contributed by atoms with van der Waals surface area (Å²) in [5, 5.41) is 5.22. The molecule has 0 unspecified atom stereocenters. The highest BCUT2D eigenvalue weighted by atomic mass is 32.1. The molecule has 2 aromatic carbocycles. The summed E-state index contributed by atoms with van der Waals surface area (Å²) in [6.07, 6.45) is 0. The standard InChI is InChI=1S/C23H24N4OS/c1-15(2)27-20(13-17(4)25-27)22(28)26(14-18-8-6-5-7-9-18)23-24-19-11-10-16(3)12-21(19)29-23/h5-13,15H,14H2,1-4H3. The molecule has 0 atom stereocenters. The van der Waals surface area contributed by atoms with Crippen molar-refractivity contribution in [3.63, 3.8) is 0 Å². The lowest BCUT2D eigenvalue weighted by molar-refractivity contribution is 0.0973. The van der Waals surface area contributed by atoms with Crippen molar-refractivity contribution in [3.05, 3.63) is 77.1 Å². The summed E-state index contributed by atoms with van der Waals surface area (Å²) in [6.45, 7) is 8.50. The van der Waals surface area contributed by atoms with E-state index in [2.05, 4.69) is 18.1 Å². The molecule has 29 heavy (non-hydrogen) atoms. The van der Waals surface area contributed by atoms with Gasteiger partial charge in [0.2, 0.25) is 0 Å². The van der Waals surface area contributed by atoms with E-state index < -0.39 is 0 Å². The van der Waals surface area contributed by atoms with E-state index in [1.807, 2.05) is 69.3 Å². The van der Waals surface area contributed by atoms with Gasteiger partial charge >= 0.3 is 0 Å². The van der Waals surface area contributed by atoms with Crippen molar-refractivity contribution in [2.75, 3.05) is 4.90 Å². The lowest BCUT2D eigenvalue weighted by Gasteiger charge is -2.21. The van der Waals surface area contributed by atoms with Gasteiger partial charge in [0.1, 0.15) is 5.69 Å². The molecule has 1 amide bonds. The third kappa shape index (κ3) is 3.93. The molecule has 0 saturated heterocycles. The van der Waals surface area contributed by atoms with Gasteiger partial charge in [-0.25, -0.2) is 4.98 Å². The quantitative estimate of drug-likeness (QED) is 0.439. The van der Waals surface area contributed by atoms with Gasteiger partial charge in [-0.3, -0.25) is 14.4 Å². The van der Waals surface area contributed by atoms with Crippen molar-refractivity contribution >= 4 is 32.6 Å². The second kappa shape index (κ2) is 7.79. The van der Waals surface area contributed by atoms with Crippen LogP contribution in [0.25, 0.3) is 10.2 Å². The molecule has 0 spiro atoms. The fraction of sp³-hybridized carbons (Fsp3) is 0.261. The fourth-order valence-corrected chi connectivity index (χ4v) is 4.40. The van der Waals surface area contributed by atoms with Crippen LogP contribution in [0.5, 0.6) is 0 Å². The van der Waals surface area contributed by atoms with Gasteiger partial charge < -0.3 is 0 Å². The summed E-state index contributed by atoms with van der Waals surface area (Å²) in [4.78, 5) is 20.2. The van der Waals surface area contributed by atoms with E-state index in [0.717, 1.165) is 21.5 Å². The van der Waals surface area contributed by atoms with E-state index in [1.54, 1.807) is 20.9 Å². The number of amides is 1. The number of thiazole rings is 1. The number of fused-ring (bicyclic) bond motifs is 1. The number of hydrogen-bond donors (Lipinski definition) is 0. The van der Waals surface area contributed by atoms with E-state index in [0.29, 0.717) is 17.4 Å². The first kappa shape index (κ1) is 19.3. The zero-order chi connectivity index (χ0) is 20.5. The van der Waals surface area contributed by atoms with Crippen LogP contribution in [0.2, 0.25) is 0 Å². The Labute approximate surface area is 174 Å². The molecule has 0 aliphatic carbocycles. The van der Waals surface area contributed by atoms with Gasteiger partial charge in [0, 0.05) is 6.04 Å². The third-order valence-corrected chi connectivity index (χ3v) is 5.80. The van der Waals surface area contributed by atoms with Crippen LogP contribution in [-0.4, -0.2) is 20.7 Å². The Morgan fingerprint density at radius 2 is 1.86 bits per heavy atom. The number of carbonyl (C=O) groups is 1. The largest absolute Gasteiger partial charge is 0.278 e. The van der Waals surface area contributed by atoms with Gasteiger partial charge in [-0.05, 0) is 57.0 Å². The Morgan fingerprint density at radius 3 is 2.59 bits per heavy atom. The highest BCUT2D eigenvalue weighted by Crippen LogP contribution is 2.31. The van der Waals surface area contributed by atoms with Crippen molar-refractivity contribution < 1.29 is 4.79 Å². The van der Waals surface area contributed by atoms with E-state index in [9.17, 15) is 4.79 Å². The number of aryl methyl sites for hydroxylation is 2. The lowest BCUT2D eigenvalue weighted by atomic mass is 10.2. The van der Waals surface area contributed by atoms with Crippen LogP contribution in [0.1, 0.15) is 47.2 Å². The van der Waals surface area contributed by atoms with Gasteiger partial charge in [-0.2, -0.15) is 5.10 Å². The maximum atomic E-state index is 13.7. The van der Waals surface area contributed by atoms with E-state index in [4.69, 9.17) is 4.98 Å². The lowest BCUT2D eigenvalue weighted by Crippen LogP contribution is -2.32. The Bertz CT molecular complexity index is 1160. The average Bonchev–Trinajstić information content (AvgIpc) is 3.29. The Hall–Kier alpha value is -2.99. The number of benzene rings is 2. The number of anilines is 1. The van der Waals surface area contributed by atoms with Gasteiger partial charge in [0.25, 0.3) is 5.91 Å². The molecule has 148 valence electrons. The molecule has 0 aliphatic rings. The minimum absolute atomic E-state index is 0.0843. The molecule has 0 N–H and O–H groups in total. The molecule has 5 nitrogen and oxygen atoms in total. The van der Waals surface area contributed by atoms with E-state index >= 15 is 0 Å². The minimum atomic E-state index is -0.0843. The SMILES string of the molecule is Cc1ccc2nc(N(Cc3ccccc3)C(=O)c3cc(C)nn3C(C)C)sc2c1. The maximum Gasteiger partial charge on any atom is 0.278 e. The zero-order valence-corrected chi connectivity index (χ0v) is 17.9. The van der Waals surface area contributed by atoms with Crippen molar-refractivity contribution in [1.29, 1.82) is 0 Å². The van der Waals surface area contributed by atoms with Gasteiger partial charge in [0.05, 0.1) is 22.5 Å². The summed E-state index contributed by atoms with van der Waals surface area (Å²) in [5.74, 6) is -0.0843. The molecule has 6 heteroatoms. The maximum absolute atomic E-state index is 13.7. The first-order valence-electron chi connectivity index (χ1n) is 9.71. The molecule has 4 aromatic rings. The molecular formula is C23H24N4OS. The number of carbonyl (C=O) groups excluding carboxylic acids is 1. The highest BCUT2D eigenvalue weighted by molar-refractivity contribution is 7.22. The molecule has 4 rings (SSSR count).